The third-order valence-electron chi connectivity index (χ3n) is 0.188. The van der Waals surface area contributed by atoms with Gasteiger partial charge in [-0.15, -0.1) is 11.8 Å². The van der Waals surface area contributed by atoms with Gasteiger partial charge in [-0.1, -0.05) is 15.9 Å². The summed E-state index contributed by atoms with van der Waals surface area (Å²) in [6.07, 6.45) is 2.01. The van der Waals surface area contributed by atoms with Crippen LogP contribution < -0.4 is 0 Å². The molecule has 0 bridgehead atoms. The Morgan fingerprint density at radius 1 is 1.80 bits per heavy atom. The van der Waals surface area contributed by atoms with Crippen molar-refractivity contribution in [1.82, 2.24) is 0 Å². The normalized spacial score (nSPS) is 10.0. The molecule has 0 N–H and O–H groups in total. The molecule has 30 valence electrons. The van der Waals surface area contributed by atoms with Crippen molar-refractivity contribution in [3.05, 3.63) is 10.4 Å². The predicted octanol–water partition coefficient (Wildman–Crippen LogP) is 2.22. The first-order valence-electron chi connectivity index (χ1n) is 1.20. The fourth-order valence-electron chi connectivity index (χ4n) is 0.0514. The zero-order valence-corrected chi connectivity index (χ0v) is 5.34. The van der Waals surface area contributed by atoms with Gasteiger partial charge in [0.2, 0.25) is 0 Å². The maximum Gasteiger partial charge on any atom is -0.0126 e. The van der Waals surface area contributed by atoms with E-state index in [1.807, 2.05) is 16.6 Å². The van der Waals surface area contributed by atoms with Crippen molar-refractivity contribution in [3.63, 3.8) is 0 Å². The van der Waals surface area contributed by atoms with Gasteiger partial charge in [-0.25, -0.2) is 0 Å². The van der Waals surface area contributed by atoms with Gasteiger partial charge >= 0.3 is 0 Å². The van der Waals surface area contributed by atoms with Crippen LogP contribution >= 0.6 is 27.7 Å². The molecule has 0 aromatic carbocycles. The SMILES string of the molecule is CSC=CBr. The van der Waals surface area contributed by atoms with Crippen molar-refractivity contribution in [1.29, 1.82) is 0 Å². The van der Waals surface area contributed by atoms with E-state index >= 15 is 0 Å². The van der Waals surface area contributed by atoms with Crippen molar-refractivity contribution in [2.24, 2.45) is 0 Å². The van der Waals surface area contributed by atoms with E-state index in [0.29, 0.717) is 0 Å². The summed E-state index contributed by atoms with van der Waals surface area (Å²) in [4.78, 5) is 1.83. The Morgan fingerprint density at radius 2 is 2.40 bits per heavy atom. The molecule has 5 heavy (non-hydrogen) atoms. The fraction of sp³-hybridized carbons (Fsp3) is 0.333. The van der Waals surface area contributed by atoms with Crippen LogP contribution in [-0.4, -0.2) is 6.26 Å². The van der Waals surface area contributed by atoms with Gasteiger partial charge < -0.3 is 0 Å². The van der Waals surface area contributed by atoms with Crippen LogP contribution in [0.5, 0.6) is 0 Å². The predicted molar refractivity (Wildman–Crippen MR) is 31.6 cm³/mol. The minimum absolute atomic E-state index is 1.67. The molecule has 0 heterocycles. The monoisotopic (exact) mass is 152 g/mol. The third-order valence-corrected chi connectivity index (χ3v) is 1.21. The highest BCUT2D eigenvalue weighted by Crippen LogP contribution is 1.94. The van der Waals surface area contributed by atoms with Gasteiger partial charge in [0, 0.05) is 0 Å². The standard InChI is InChI=1S/C3H5BrS/c1-5-3-2-4/h2-3H,1H3. The third kappa shape index (κ3) is 4.57. The van der Waals surface area contributed by atoms with Gasteiger partial charge in [0.05, 0.1) is 0 Å². The molecule has 0 saturated heterocycles. The lowest BCUT2D eigenvalue weighted by Crippen LogP contribution is -1.30. The number of hydrogen-bond acceptors (Lipinski definition) is 1. The van der Waals surface area contributed by atoms with Crippen LogP contribution in [0.3, 0.4) is 0 Å². The molecule has 0 radical (unpaired) electrons. The lowest BCUT2D eigenvalue weighted by molar-refractivity contribution is 2.44. The van der Waals surface area contributed by atoms with Crippen molar-refractivity contribution in [2.45, 2.75) is 0 Å². The quantitative estimate of drug-likeness (QED) is 0.556. The summed E-state index contributed by atoms with van der Waals surface area (Å²) in [5, 5.41) is 1.96. The summed E-state index contributed by atoms with van der Waals surface area (Å²) < 4.78 is 0. The summed E-state index contributed by atoms with van der Waals surface area (Å²) >= 11 is 4.78. The summed E-state index contributed by atoms with van der Waals surface area (Å²) in [7, 11) is 0. The zero-order chi connectivity index (χ0) is 4.12. The van der Waals surface area contributed by atoms with Crippen LogP contribution in [0.25, 0.3) is 0 Å². The molecular formula is C3H5BrS. The summed E-state index contributed by atoms with van der Waals surface area (Å²) in [5.41, 5.74) is 0. The van der Waals surface area contributed by atoms with Crippen LogP contribution in [0.2, 0.25) is 0 Å². The molecule has 0 aromatic rings. The van der Waals surface area contributed by atoms with E-state index in [4.69, 9.17) is 0 Å². The van der Waals surface area contributed by atoms with Crippen molar-refractivity contribution < 1.29 is 0 Å². The van der Waals surface area contributed by atoms with Crippen LogP contribution in [0.4, 0.5) is 0 Å². The van der Waals surface area contributed by atoms with E-state index < -0.39 is 0 Å². The fourth-order valence-corrected chi connectivity index (χ4v) is 0.802. The van der Waals surface area contributed by atoms with Gasteiger partial charge in [0.15, 0.2) is 0 Å². The minimum Gasteiger partial charge on any atom is -0.137 e. The highest BCUT2D eigenvalue weighted by molar-refractivity contribution is 9.11. The number of rotatable bonds is 1. The van der Waals surface area contributed by atoms with Crippen molar-refractivity contribution >= 4 is 27.7 Å². The first-order valence-corrected chi connectivity index (χ1v) is 3.40. The molecule has 0 aliphatic heterocycles. The number of hydrogen-bond donors (Lipinski definition) is 0. The average molecular weight is 153 g/mol. The van der Waals surface area contributed by atoms with E-state index in [0.717, 1.165) is 0 Å². The first-order chi connectivity index (χ1) is 2.41. The second-order valence-electron chi connectivity index (χ2n) is 0.498. The van der Waals surface area contributed by atoms with Crippen LogP contribution in [0, 0.1) is 0 Å². The maximum atomic E-state index is 3.11. The Kier molecular flexibility index (Phi) is 5.09. The Bertz CT molecular complexity index is 33.9. The van der Waals surface area contributed by atoms with Crippen LogP contribution in [0.1, 0.15) is 0 Å². The molecular weight excluding hydrogens is 148 g/mol. The topological polar surface area (TPSA) is 0 Å². The van der Waals surface area contributed by atoms with E-state index in [-0.39, 0.29) is 0 Å². The molecule has 0 saturated carbocycles. The maximum absolute atomic E-state index is 3.11. The van der Waals surface area contributed by atoms with Crippen molar-refractivity contribution in [3.8, 4) is 0 Å². The number of halogens is 1. The first kappa shape index (κ1) is 5.57. The van der Waals surface area contributed by atoms with E-state index in [1.54, 1.807) is 11.8 Å². The molecule has 0 rings (SSSR count). The highest BCUT2D eigenvalue weighted by Gasteiger charge is 1.52. The second kappa shape index (κ2) is 4.57. The highest BCUT2D eigenvalue weighted by atomic mass is 79.9. The van der Waals surface area contributed by atoms with Crippen LogP contribution in [-0.2, 0) is 0 Å². The van der Waals surface area contributed by atoms with Gasteiger partial charge in [0.25, 0.3) is 0 Å². The zero-order valence-electron chi connectivity index (χ0n) is 2.94. The van der Waals surface area contributed by atoms with Gasteiger partial charge in [-0.05, 0) is 16.6 Å². The van der Waals surface area contributed by atoms with E-state index in [1.165, 1.54) is 0 Å². The van der Waals surface area contributed by atoms with Gasteiger partial charge in [-0.2, -0.15) is 0 Å². The molecule has 0 aliphatic rings. The largest absolute Gasteiger partial charge is 0.137 e. The molecule has 0 aliphatic carbocycles. The number of thioether (sulfide) groups is 1. The van der Waals surface area contributed by atoms with E-state index in [2.05, 4.69) is 15.9 Å². The van der Waals surface area contributed by atoms with Gasteiger partial charge in [0.1, 0.15) is 0 Å². The van der Waals surface area contributed by atoms with Crippen LogP contribution in [0.15, 0.2) is 10.4 Å². The molecule has 2 heteroatoms. The Morgan fingerprint density at radius 3 is 2.40 bits per heavy atom. The van der Waals surface area contributed by atoms with E-state index in [9.17, 15) is 0 Å². The molecule has 0 atom stereocenters. The Hall–Kier alpha value is 0.570. The lowest BCUT2D eigenvalue weighted by Gasteiger charge is -1.64. The average Bonchev–Trinajstić information content (AvgIpc) is 1.41. The Labute approximate surface area is 44.8 Å². The molecule has 0 aromatic heterocycles. The Balaban J connectivity index is 2.62. The summed E-state index contributed by atoms with van der Waals surface area (Å²) in [6.45, 7) is 0. The molecule has 0 amide bonds. The van der Waals surface area contributed by atoms with Gasteiger partial charge in [-0.3, -0.25) is 0 Å². The smallest absolute Gasteiger partial charge is 0.0126 e. The van der Waals surface area contributed by atoms with Crippen molar-refractivity contribution in [2.75, 3.05) is 6.26 Å². The summed E-state index contributed by atoms with van der Waals surface area (Å²) in [6, 6.07) is 0. The second-order valence-corrected chi connectivity index (χ2v) is 1.77. The molecule has 0 nitrogen and oxygen atoms in total. The molecule has 0 spiro atoms. The lowest BCUT2D eigenvalue weighted by atomic mass is 11.3. The molecule has 0 fully saturated rings. The summed E-state index contributed by atoms with van der Waals surface area (Å²) in [5.74, 6) is 0. The minimum atomic E-state index is 1.67. The molecule has 0 unspecified atom stereocenters.